The fourth-order valence-corrected chi connectivity index (χ4v) is 2.12. The normalized spacial score (nSPS) is 10.0. The van der Waals surface area contributed by atoms with Crippen molar-refractivity contribution >= 4 is 17.4 Å². The van der Waals surface area contributed by atoms with Gasteiger partial charge in [-0.15, -0.1) is 0 Å². The molecule has 0 fully saturated rings. The zero-order valence-electron chi connectivity index (χ0n) is 12.7. The second-order valence-corrected chi connectivity index (χ2v) is 4.88. The number of nitro benzene ring substituents is 1. The minimum Gasteiger partial charge on any atom is -0.305 e. The molecule has 1 amide bonds. The SMILES string of the molecule is N#Cc1cnn(-c2ccccn2)c1NC(=O)c1ccc([N+](=O)[O-])cc1. The number of non-ortho nitro benzene ring substituents is 1. The van der Waals surface area contributed by atoms with Crippen LogP contribution < -0.4 is 5.32 Å². The Balaban J connectivity index is 1.92. The van der Waals surface area contributed by atoms with Gasteiger partial charge in [-0.2, -0.15) is 15.0 Å². The summed E-state index contributed by atoms with van der Waals surface area (Å²) in [7, 11) is 0. The summed E-state index contributed by atoms with van der Waals surface area (Å²) in [5, 5.41) is 26.6. The van der Waals surface area contributed by atoms with E-state index in [1.807, 2.05) is 6.07 Å². The number of benzene rings is 1. The Bertz CT molecular complexity index is 973. The van der Waals surface area contributed by atoms with Gasteiger partial charge in [0.05, 0.1) is 11.1 Å². The molecule has 0 spiro atoms. The molecule has 0 bridgehead atoms. The Morgan fingerprint density at radius 2 is 2.00 bits per heavy atom. The second-order valence-electron chi connectivity index (χ2n) is 4.88. The number of pyridine rings is 1. The summed E-state index contributed by atoms with van der Waals surface area (Å²) in [5.74, 6) is 0.0802. The van der Waals surface area contributed by atoms with E-state index in [-0.39, 0.29) is 22.6 Å². The quantitative estimate of drug-likeness (QED) is 0.576. The topological polar surface area (TPSA) is 127 Å². The van der Waals surface area contributed by atoms with Crippen molar-refractivity contribution < 1.29 is 9.72 Å². The number of anilines is 1. The van der Waals surface area contributed by atoms with Crippen LogP contribution in [0.25, 0.3) is 5.82 Å². The van der Waals surface area contributed by atoms with Crippen molar-refractivity contribution in [1.29, 1.82) is 5.26 Å². The van der Waals surface area contributed by atoms with Crippen LogP contribution in [0.15, 0.2) is 54.9 Å². The molecule has 0 aliphatic rings. The van der Waals surface area contributed by atoms with Crippen molar-refractivity contribution in [3.8, 4) is 11.9 Å². The highest BCUT2D eigenvalue weighted by atomic mass is 16.6. The molecule has 1 N–H and O–H groups in total. The number of carbonyl (C=O) groups excluding carboxylic acids is 1. The molecule has 3 rings (SSSR count). The molecule has 0 aliphatic heterocycles. The maximum absolute atomic E-state index is 12.4. The van der Waals surface area contributed by atoms with Crippen LogP contribution in [0.5, 0.6) is 0 Å². The summed E-state index contributed by atoms with van der Waals surface area (Å²) < 4.78 is 1.34. The van der Waals surface area contributed by atoms with Crippen molar-refractivity contribution in [1.82, 2.24) is 14.8 Å². The first-order chi connectivity index (χ1) is 12.1. The van der Waals surface area contributed by atoms with E-state index in [4.69, 9.17) is 0 Å². The third kappa shape index (κ3) is 3.18. The highest BCUT2D eigenvalue weighted by Gasteiger charge is 2.17. The van der Waals surface area contributed by atoms with E-state index in [1.165, 1.54) is 35.1 Å². The first-order valence-electron chi connectivity index (χ1n) is 7.05. The van der Waals surface area contributed by atoms with Crippen molar-refractivity contribution in [2.75, 3.05) is 5.32 Å². The van der Waals surface area contributed by atoms with Crippen LogP contribution in [0.2, 0.25) is 0 Å². The minimum atomic E-state index is -0.550. The van der Waals surface area contributed by atoms with Gasteiger partial charge >= 0.3 is 0 Å². The summed E-state index contributed by atoms with van der Waals surface area (Å²) in [4.78, 5) is 26.6. The van der Waals surface area contributed by atoms with Crippen LogP contribution in [0.4, 0.5) is 11.5 Å². The maximum Gasteiger partial charge on any atom is 0.269 e. The molecule has 0 atom stereocenters. The number of nitriles is 1. The lowest BCUT2D eigenvalue weighted by Gasteiger charge is -2.08. The van der Waals surface area contributed by atoms with Gasteiger partial charge in [-0.05, 0) is 24.3 Å². The van der Waals surface area contributed by atoms with E-state index in [0.717, 1.165) is 0 Å². The number of nitrogens with one attached hydrogen (secondary N) is 1. The summed E-state index contributed by atoms with van der Waals surface area (Å²) >= 11 is 0. The van der Waals surface area contributed by atoms with Crippen LogP contribution in [0, 0.1) is 21.4 Å². The molecule has 0 saturated carbocycles. The molecule has 0 saturated heterocycles. The molecular formula is C16H10N6O3. The van der Waals surface area contributed by atoms with Crippen molar-refractivity contribution in [3.05, 3.63) is 76.1 Å². The smallest absolute Gasteiger partial charge is 0.269 e. The summed E-state index contributed by atoms with van der Waals surface area (Å²) in [6, 6.07) is 12.2. The van der Waals surface area contributed by atoms with Gasteiger partial charge in [-0.1, -0.05) is 6.07 Å². The minimum absolute atomic E-state index is 0.118. The monoisotopic (exact) mass is 334 g/mol. The molecule has 9 nitrogen and oxygen atoms in total. The Morgan fingerprint density at radius 3 is 2.60 bits per heavy atom. The first-order valence-corrected chi connectivity index (χ1v) is 7.05. The van der Waals surface area contributed by atoms with Crippen molar-refractivity contribution in [2.24, 2.45) is 0 Å². The number of carbonyl (C=O) groups is 1. The number of aromatic nitrogens is 3. The highest BCUT2D eigenvalue weighted by molar-refractivity contribution is 6.04. The van der Waals surface area contributed by atoms with Gasteiger partial charge < -0.3 is 5.32 Å². The summed E-state index contributed by atoms with van der Waals surface area (Å²) in [6.45, 7) is 0. The predicted molar refractivity (Wildman–Crippen MR) is 87.1 cm³/mol. The molecule has 0 aliphatic carbocycles. The molecule has 3 aromatic rings. The summed E-state index contributed by atoms with van der Waals surface area (Å²) in [5.41, 5.74) is 0.261. The molecule has 2 heterocycles. The average molecular weight is 334 g/mol. The maximum atomic E-state index is 12.4. The van der Waals surface area contributed by atoms with Crippen molar-refractivity contribution in [3.63, 3.8) is 0 Å². The number of nitrogens with zero attached hydrogens (tertiary/aromatic N) is 5. The number of rotatable bonds is 4. The molecule has 9 heteroatoms. The molecule has 25 heavy (non-hydrogen) atoms. The standard InChI is InChI=1S/C16H10N6O3/c17-9-12-10-19-21(14-3-1-2-8-18-14)15(12)20-16(23)11-4-6-13(7-5-11)22(24)25/h1-8,10H,(H,20,23). The Hall–Kier alpha value is -4.06. The second kappa shape index (κ2) is 6.59. The van der Waals surface area contributed by atoms with Gasteiger partial charge in [-0.25, -0.2) is 4.98 Å². The Labute approximate surface area is 141 Å². The van der Waals surface area contributed by atoms with E-state index in [9.17, 15) is 20.2 Å². The van der Waals surface area contributed by atoms with Gasteiger partial charge in [0.25, 0.3) is 11.6 Å². The predicted octanol–water partition coefficient (Wildman–Crippen LogP) is 2.30. The van der Waals surface area contributed by atoms with Gasteiger partial charge in [0.15, 0.2) is 11.6 Å². The lowest BCUT2D eigenvalue weighted by atomic mass is 10.2. The van der Waals surface area contributed by atoms with Gasteiger partial charge in [0.2, 0.25) is 0 Å². The lowest BCUT2D eigenvalue weighted by molar-refractivity contribution is -0.384. The van der Waals surface area contributed by atoms with Crippen LogP contribution in [0.3, 0.4) is 0 Å². The Kier molecular flexibility index (Phi) is 4.17. The number of nitro groups is 1. The van der Waals surface area contributed by atoms with Crippen LogP contribution in [0.1, 0.15) is 15.9 Å². The van der Waals surface area contributed by atoms with E-state index in [2.05, 4.69) is 15.4 Å². The molecule has 0 radical (unpaired) electrons. The average Bonchev–Trinajstić information content (AvgIpc) is 3.05. The van der Waals surface area contributed by atoms with Crippen molar-refractivity contribution in [2.45, 2.75) is 0 Å². The molecule has 2 aromatic heterocycles. The van der Waals surface area contributed by atoms with E-state index in [0.29, 0.717) is 5.82 Å². The number of hydrogen-bond acceptors (Lipinski definition) is 6. The highest BCUT2D eigenvalue weighted by Crippen LogP contribution is 2.20. The lowest BCUT2D eigenvalue weighted by Crippen LogP contribution is -2.16. The van der Waals surface area contributed by atoms with Crippen LogP contribution in [-0.2, 0) is 0 Å². The third-order valence-corrected chi connectivity index (χ3v) is 3.33. The van der Waals surface area contributed by atoms with E-state index >= 15 is 0 Å². The zero-order valence-corrected chi connectivity index (χ0v) is 12.7. The Morgan fingerprint density at radius 1 is 1.24 bits per heavy atom. The number of amides is 1. The number of hydrogen-bond donors (Lipinski definition) is 1. The first kappa shape index (κ1) is 15.8. The fraction of sp³-hybridized carbons (Fsp3) is 0. The molecular weight excluding hydrogens is 324 g/mol. The molecule has 1 aromatic carbocycles. The van der Waals surface area contributed by atoms with Gasteiger partial charge in [0.1, 0.15) is 11.6 Å². The fourth-order valence-electron chi connectivity index (χ4n) is 2.12. The molecule has 0 unspecified atom stereocenters. The summed E-state index contributed by atoms with van der Waals surface area (Å²) in [6.07, 6.45) is 2.88. The van der Waals surface area contributed by atoms with Gasteiger partial charge in [0, 0.05) is 23.9 Å². The van der Waals surface area contributed by atoms with E-state index in [1.54, 1.807) is 24.4 Å². The van der Waals surface area contributed by atoms with Crippen LogP contribution in [-0.4, -0.2) is 25.6 Å². The largest absolute Gasteiger partial charge is 0.305 e. The van der Waals surface area contributed by atoms with E-state index < -0.39 is 10.8 Å². The van der Waals surface area contributed by atoms with Crippen LogP contribution >= 0.6 is 0 Å². The third-order valence-electron chi connectivity index (χ3n) is 3.33. The molecule has 122 valence electrons. The zero-order chi connectivity index (χ0) is 17.8. The van der Waals surface area contributed by atoms with Gasteiger partial charge in [-0.3, -0.25) is 14.9 Å².